The second kappa shape index (κ2) is 7.55. The van der Waals surface area contributed by atoms with E-state index in [9.17, 15) is 9.18 Å². The number of ether oxygens (including phenoxy) is 2. The number of rotatable bonds is 7. The molecule has 0 N–H and O–H groups in total. The number of Topliss-reactive ketones (excluding diaryl/α,β-unsaturated/α-hetero) is 1. The minimum Gasteiger partial charge on any atom is -0.494 e. The summed E-state index contributed by atoms with van der Waals surface area (Å²) < 4.78 is 24.0. The van der Waals surface area contributed by atoms with Gasteiger partial charge >= 0.3 is 0 Å². The van der Waals surface area contributed by atoms with Crippen molar-refractivity contribution in [3.8, 4) is 5.75 Å². The Kier molecular flexibility index (Phi) is 5.46. The Balaban J connectivity index is 1.85. The quantitative estimate of drug-likeness (QED) is 0.730. The molecule has 4 heteroatoms. The molecule has 0 aromatic heterocycles. The zero-order valence-electron chi connectivity index (χ0n) is 11.8. The maximum Gasteiger partial charge on any atom is 0.188 e. The van der Waals surface area contributed by atoms with Gasteiger partial charge in [-0.3, -0.25) is 4.79 Å². The SMILES string of the molecule is CCOc1ccc(C(=O)COCc2ccccc2F)cc1. The molecule has 0 aliphatic heterocycles. The van der Waals surface area contributed by atoms with Crippen molar-refractivity contribution in [2.45, 2.75) is 13.5 Å². The molecule has 0 aliphatic carbocycles. The molecule has 2 rings (SSSR count). The number of hydrogen-bond acceptors (Lipinski definition) is 3. The smallest absolute Gasteiger partial charge is 0.188 e. The maximum absolute atomic E-state index is 13.4. The lowest BCUT2D eigenvalue weighted by molar-refractivity contribution is 0.0721. The minimum absolute atomic E-state index is 0.0788. The topological polar surface area (TPSA) is 35.5 Å². The van der Waals surface area contributed by atoms with E-state index < -0.39 is 0 Å². The fourth-order valence-electron chi connectivity index (χ4n) is 1.86. The lowest BCUT2D eigenvalue weighted by Crippen LogP contribution is -2.09. The Hall–Kier alpha value is -2.20. The van der Waals surface area contributed by atoms with Gasteiger partial charge < -0.3 is 9.47 Å². The molecule has 0 unspecified atom stereocenters. The summed E-state index contributed by atoms with van der Waals surface area (Å²) in [6.45, 7) is 2.48. The van der Waals surface area contributed by atoms with Crippen molar-refractivity contribution in [1.29, 1.82) is 0 Å². The molecule has 0 aliphatic rings. The van der Waals surface area contributed by atoms with Gasteiger partial charge in [0, 0.05) is 11.1 Å². The zero-order chi connectivity index (χ0) is 15.1. The van der Waals surface area contributed by atoms with E-state index in [-0.39, 0.29) is 24.8 Å². The van der Waals surface area contributed by atoms with Crippen LogP contribution in [0.4, 0.5) is 4.39 Å². The number of benzene rings is 2. The Morgan fingerprint density at radius 3 is 2.48 bits per heavy atom. The number of halogens is 1. The maximum atomic E-state index is 13.4. The van der Waals surface area contributed by atoms with E-state index >= 15 is 0 Å². The molecule has 0 saturated heterocycles. The van der Waals surface area contributed by atoms with Gasteiger partial charge in [-0.25, -0.2) is 4.39 Å². The van der Waals surface area contributed by atoms with E-state index in [0.29, 0.717) is 17.7 Å². The second-order valence-corrected chi connectivity index (χ2v) is 4.46. The number of hydrogen-bond donors (Lipinski definition) is 0. The summed E-state index contributed by atoms with van der Waals surface area (Å²) in [4.78, 5) is 11.9. The van der Waals surface area contributed by atoms with Gasteiger partial charge in [-0.2, -0.15) is 0 Å². The lowest BCUT2D eigenvalue weighted by Gasteiger charge is -2.06. The van der Waals surface area contributed by atoms with Gasteiger partial charge in [0.1, 0.15) is 18.2 Å². The molecule has 2 aromatic carbocycles. The fourth-order valence-corrected chi connectivity index (χ4v) is 1.86. The third kappa shape index (κ3) is 4.39. The first-order chi connectivity index (χ1) is 10.2. The largest absolute Gasteiger partial charge is 0.494 e. The van der Waals surface area contributed by atoms with E-state index in [4.69, 9.17) is 9.47 Å². The molecular formula is C17H17FO3. The normalized spacial score (nSPS) is 10.4. The van der Waals surface area contributed by atoms with Crippen LogP contribution in [-0.2, 0) is 11.3 Å². The molecule has 110 valence electrons. The first kappa shape index (κ1) is 15.2. The Morgan fingerprint density at radius 1 is 1.10 bits per heavy atom. The predicted octanol–water partition coefficient (Wildman–Crippen LogP) is 3.62. The third-order valence-electron chi connectivity index (χ3n) is 2.94. The summed E-state index contributed by atoms with van der Waals surface area (Å²) in [5, 5.41) is 0. The molecule has 3 nitrogen and oxygen atoms in total. The monoisotopic (exact) mass is 288 g/mol. The van der Waals surface area contributed by atoms with Crippen molar-refractivity contribution in [2.75, 3.05) is 13.2 Å². The molecule has 2 aromatic rings. The van der Waals surface area contributed by atoms with Crippen LogP contribution < -0.4 is 4.74 Å². The van der Waals surface area contributed by atoms with E-state index in [1.54, 1.807) is 42.5 Å². The van der Waals surface area contributed by atoms with E-state index in [1.165, 1.54) is 6.07 Å². The van der Waals surface area contributed by atoms with Crippen molar-refractivity contribution in [1.82, 2.24) is 0 Å². The van der Waals surface area contributed by atoms with Crippen LogP contribution in [0.5, 0.6) is 5.75 Å². The van der Waals surface area contributed by atoms with Gasteiger partial charge in [0.15, 0.2) is 5.78 Å². The molecule has 0 radical (unpaired) electrons. The van der Waals surface area contributed by atoms with Crippen LogP contribution in [0.15, 0.2) is 48.5 Å². The van der Waals surface area contributed by atoms with Crippen LogP contribution in [0.3, 0.4) is 0 Å². The van der Waals surface area contributed by atoms with Gasteiger partial charge in [-0.1, -0.05) is 18.2 Å². The van der Waals surface area contributed by atoms with Gasteiger partial charge in [-0.15, -0.1) is 0 Å². The zero-order valence-corrected chi connectivity index (χ0v) is 11.8. The van der Waals surface area contributed by atoms with Gasteiger partial charge in [0.25, 0.3) is 0 Å². The molecule has 0 amide bonds. The van der Waals surface area contributed by atoms with E-state index in [1.807, 2.05) is 6.92 Å². The van der Waals surface area contributed by atoms with Gasteiger partial charge in [0.2, 0.25) is 0 Å². The number of ketones is 1. The highest BCUT2D eigenvalue weighted by molar-refractivity contribution is 5.97. The summed E-state index contributed by atoms with van der Waals surface area (Å²) in [7, 11) is 0. The van der Waals surface area contributed by atoms with Crippen LogP contribution >= 0.6 is 0 Å². The number of carbonyl (C=O) groups excluding carboxylic acids is 1. The minimum atomic E-state index is -0.328. The van der Waals surface area contributed by atoms with Crippen molar-refractivity contribution < 1.29 is 18.7 Å². The van der Waals surface area contributed by atoms with Gasteiger partial charge in [0.05, 0.1) is 13.2 Å². The average Bonchev–Trinajstić information content (AvgIpc) is 2.50. The van der Waals surface area contributed by atoms with E-state index in [0.717, 1.165) is 5.75 Å². The molecule has 0 fully saturated rings. The molecule has 0 spiro atoms. The van der Waals surface area contributed by atoms with Crippen molar-refractivity contribution in [2.24, 2.45) is 0 Å². The standard InChI is InChI=1S/C17H17FO3/c1-2-21-15-9-7-13(8-10-15)17(19)12-20-11-14-5-3-4-6-16(14)18/h3-10H,2,11-12H2,1H3. The van der Waals surface area contributed by atoms with Crippen LogP contribution in [0.1, 0.15) is 22.8 Å². The third-order valence-corrected chi connectivity index (χ3v) is 2.94. The van der Waals surface area contributed by atoms with Crippen molar-refractivity contribution in [3.05, 3.63) is 65.5 Å². The second-order valence-electron chi connectivity index (χ2n) is 4.46. The first-order valence-corrected chi connectivity index (χ1v) is 6.78. The predicted molar refractivity (Wildman–Crippen MR) is 78.0 cm³/mol. The molecule has 0 atom stereocenters. The van der Waals surface area contributed by atoms with Crippen LogP contribution in [0, 0.1) is 5.82 Å². The lowest BCUT2D eigenvalue weighted by atomic mass is 10.1. The first-order valence-electron chi connectivity index (χ1n) is 6.78. The highest BCUT2D eigenvalue weighted by Crippen LogP contribution is 2.13. The molecule has 0 bridgehead atoms. The van der Waals surface area contributed by atoms with Crippen LogP contribution in [0.25, 0.3) is 0 Å². The summed E-state index contributed by atoms with van der Waals surface area (Å²) in [5.41, 5.74) is 0.990. The van der Waals surface area contributed by atoms with Crippen LogP contribution in [-0.4, -0.2) is 19.0 Å². The van der Waals surface area contributed by atoms with Crippen molar-refractivity contribution >= 4 is 5.78 Å². The Bertz CT molecular complexity index is 593. The van der Waals surface area contributed by atoms with E-state index in [2.05, 4.69) is 0 Å². The fraction of sp³-hybridized carbons (Fsp3) is 0.235. The highest BCUT2D eigenvalue weighted by atomic mass is 19.1. The summed E-state index contributed by atoms with van der Waals surface area (Å²) in [6.07, 6.45) is 0. The molecular weight excluding hydrogens is 271 g/mol. The van der Waals surface area contributed by atoms with Gasteiger partial charge in [-0.05, 0) is 37.3 Å². The number of carbonyl (C=O) groups is 1. The van der Waals surface area contributed by atoms with Crippen LogP contribution in [0.2, 0.25) is 0 Å². The Labute approximate surface area is 123 Å². The summed E-state index contributed by atoms with van der Waals surface area (Å²) >= 11 is 0. The Morgan fingerprint density at radius 2 is 1.81 bits per heavy atom. The highest BCUT2D eigenvalue weighted by Gasteiger charge is 2.07. The average molecular weight is 288 g/mol. The summed E-state index contributed by atoms with van der Waals surface area (Å²) in [6, 6.07) is 13.2. The van der Waals surface area contributed by atoms with Crippen molar-refractivity contribution in [3.63, 3.8) is 0 Å². The molecule has 0 saturated carbocycles. The summed E-state index contributed by atoms with van der Waals surface area (Å²) in [5.74, 6) is 0.252. The molecule has 21 heavy (non-hydrogen) atoms. The molecule has 0 heterocycles.